The Hall–Kier alpha value is -0.420. The average Bonchev–Trinajstić information content (AvgIpc) is 1.93. The molecule has 10 heavy (non-hydrogen) atoms. The zero-order valence-corrected chi connectivity index (χ0v) is 5.51. The van der Waals surface area contributed by atoms with Gasteiger partial charge in [-0.05, 0) is 0 Å². The molecule has 4 nitrogen and oxygen atoms in total. The Labute approximate surface area is 59.1 Å². The summed E-state index contributed by atoms with van der Waals surface area (Å²) in [7, 11) is 0. The molecule has 1 aliphatic carbocycles. The summed E-state index contributed by atoms with van der Waals surface area (Å²) in [5.41, 5.74) is 10.9. The second kappa shape index (κ2) is 2.67. The van der Waals surface area contributed by atoms with Gasteiger partial charge < -0.3 is 21.7 Å². The summed E-state index contributed by atoms with van der Waals surface area (Å²) in [5, 5.41) is 18.1. The van der Waals surface area contributed by atoms with Gasteiger partial charge in [0, 0.05) is 0 Å². The van der Waals surface area contributed by atoms with Gasteiger partial charge in [0.2, 0.25) is 0 Å². The fourth-order valence-corrected chi connectivity index (χ4v) is 0.940. The normalized spacial score (nSPS) is 47.6. The molecular weight excluding hydrogens is 132 g/mol. The van der Waals surface area contributed by atoms with Crippen molar-refractivity contribution in [2.24, 2.45) is 11.5 Å². The van der Waals surface area contributed by atoms with E-state index in [0.717, 1.165) is 0 Å². The van der Waals surface area contributed by atoms with Gasteiger partial charge in [0.25, 0.3) is 0 Å². The third kappa shape index (κ3) is 1.19. The molecule has 6 N–H and O–H groups in total. The fourth-order valence-electron chi connectivity index (χ4n) is 0.940. The number of nitrogens with two attached hydrogens (primary N) is 2. The summed E-state index contributed by atoms with van der Waals surface area (Å²) in [6.07, 6.45) is 1.47. The maximum atomic E-state index is 9.06. The minimum absolute atomic E-state index is 0.556. The van der Waals surface area contributed by atoms with E-state index < -0.39 is 24.3 Å². The number of hydrogen-bond acceptors (Lipinski definition) is 4. The van der Waals surface area contributed by atoms with Crippen molar-refractivity contribution in [3.8, 4) is 0 Å². The lowest BCUT2D eigenvalue weighted by Crippen LogP contribution is -2.56. The van der Waals surface area contributed by atoms with Crippen LogP contribution >= 0.6 is 0 Å². The van der Waals surface area contributed by atoms with Crippen molar-refractivity contribution in [1.29, 1.82) is 0 Å². The molecule has 0 saturated carbocycles. The standard InChI is InChI=1S/C6H12N2O2/c7-5-3(9)1-2-4(10)6(5)8/h1-6,9-10H,7-8H2/t3-,4+,5-,6-/m1/s1. The average molecular weight is 144 g/mol. The molecule has 0 fully saturated rings. The summed E-state index contributed by atoms with van der Waals surface area (Å²) in [6.45, 7) is 0. The van der Waals surface area contributed by atoms with Crippen molar-refractivity contribution < 1.29 is 10.2 Å². The van der Waals surface area contributed by atoms with Gasteiger partial charge in [0.05, 0.1) is 24.3 Å². The smallest absolute Gasteiger partial charge is 0.0889 e. The van der Waals surface area contributed by atoms with Gasteiger partial charge in [0.15, 0.2) is 0 Å². The van der Waals surface area contributed by atoms with Crippen LogP contribution in [0.15, 0.2) is 12.2 Å². The van der Waals surface area contributed by atoms with Gasteiger partial charge in [-0.25, -0.2) is 0 Å². The molecular formula is C6H12N2O2. The van der Waals surface area contributed by atoms with E-state index in [1.165, 1.54) is 12.2 Å². The highest BCUT2D eigenvalue weighted by Gasteiger charge is 2.28. The molecule has 4 heteroatoms. The fraction of sp³-hybridized carbons (Fsp3) is 0.667. The molecule has 4 atom stereocenters. The molecule has 0 radical (unpaired) electrons. The first-order valence-electron chi connectivity index (χ1n) is 3.18. The monoisotopic (exact) mass is 144 g/mol. The number of aliphatic hydroxyl groups excluding tert-OH is 2. The van der Waals surface area contributed by atoms with Crippen LogP contribution < -0.4 is 11.5 Å². The van der Waals surface area contributed by atoms with Crippen LogP contribution in [0.5, 0.6) is 0 Å². The molecule has 0 aliphatic heterocycles. The van der Waals surface area contributed by atoms with Crippen molar-refractivity contribution in [2.75, 3.05) is 0 Å². The predicted octanol–water partition coefficient (Wildman–Crippen LogP) is -2.07. The molecule has 0 aromatic carbocycles. The third-order valence-electron chi connectivity index (χ3n) is 1.74. The van der Waals surface area contributed by atoms with Crippen molar-refractivity contribution >= 4 is 0 Å². The first kappa shape index (κ1) is 7.68. The SMILES string of the molecule is N[C@H]1[C@H](N)[C@@H](O)C=C[C@H]1O. The first-order chi connectivity index (χ1) is 4.63. The zero-order valence-electron chi connectivity index (χ0n) is 5.51. The molecule has 0 spiro atoms. The summed E-state index contributed by atoms with van der Waals surface area (Å²) in [5.74, 6) is 0. The maximum absolute atomic E-state index is 9.06. The van der Waals surface area contributed by atoms with Crippen LogP contribution in [0.25, 0.3) is 0 Å². The highest BCUT2D eigenvalue weighted by atomic mass is 16.3. The van der Waals surface area contributed by atoms with Crippen molar-refractivity contribution in [2.45, 2.75) is 24.3 Å². The summed E-state index contributed by atoms with van der Waals surface area (Å²) >= 11 is 0. The van der Waals surface area contributed by atoms with E-state index in [9.17, 15) is 0 Å². The number of hydrogen-bond donors (Lipinski definition) is 4. The van der Waals surface area contributed by atoms with Gasteiger partial charge in [-0.2, -0.15) is 0 Å². The van der Waals surface area contributed by atoms with Crippen LogP contribution in [0.2, 0.25) is 0 Å². The minimum atomic E-state index is -0.724. The van der Waals surface area contributed by atoms with Gasteiger partial charge in [-0.15, -0.1) is 0 Å². The van der Waals surface area contributed by atoms with Crippen LogP contribution in [0.1, 0.15) is 0 Å². The van der Waals surface area contributed by atoms with E-state index in [1.54, 1.807) is 0 Å². The molecule has 0 heterocycles. The minimum Gasteiger partial charge on any atom is -0.387 e. The number of aliphatic hydroxyl groups is 2. The van der Waals surface area contributed by atoms with Gasteiger partial charge >= 0.3 is 0 Å². The Balaban J connectivity index is 2.69. The van der Waals surface area contributed by atoms with Crippen molar-refractivity contribution in [1.82, 2.24) is 0 Å². The maximum Gasteiger partial charge on any atom is 0.0889 e. The Kier molecular flexibility index (Phi) is 2.05. The molecule has 0 saturated heterocycles. The Bertz CT molecular complexity index is 133. The Morgan fingerprint density at radius 2 is 1.20 bits per heavy atom. The van der Waals surface area contributed by atoms with Gasteiger partial charge in [0.1, 0.15) is 0 Å². The molecule has 0 amide bonds. The third-order valence-corrected chi connectivity index (χ3v) is 1.74. The molecule has 0 unspecified atom stereocenters. The summed E-state index contributed by atoms with van der Waals surface area (Å²) < 4.78 is 0. The lowest BCUT2D eigenvalue weighted by molar-refractivity contribution is 0.107. The summed E-state index contributed by atoms with van der Waals surface area (Å²) in [4.78, 5) is 0. The quantitative estimate of drug-likeness (QED) is 0.294. The van der Waals surface area contributed by atoms with E-state index in [4.69, 9.17) is 21.7 Å². The largest absolute Gasteiger partial charge is 0.387 e. The van der Waals surface area contributed by atoms with Crippen LogP contribution in [-0.4, -0.2) is 34.5 Å². The Morgan fingerprint density at radius 1 is 0.900 bits per heavy atom. The lowest BCUT2D eigenvalue weighted by atomic mass is 9.93. The topological polar surface area (TPSA) is 92.5 Å². The van der Waals surface area contributed by atoms with E-state index in [1.807, 2.05) is 0 Å². The molecule has 0 aromatic heterocycles. The molecule has 1 aliphatic rings. The molecule has 0 bridgehead atoms. The second-order valence-corrected chi connectivity index (χ2v) is 2.52. The van der Waals surface area contributed by atoms with Gasteiger partial charge in [-0.1, -0.05) is 12.2 Å². The van der Waals surface area contributed by atoms with Gasteiger partial charge in [-0.3, -0.25) is 0 Å². The molecule has 1 rings (SSSR count). The van der Waals surface area contributed by atoms with Crippen LogP contribution in [0.3, 0.4) is 0 Å². The summed E-state index contributed by atoms with van der Waals surface area (Å²) in [6, 6.07) is -1.11. The molecule has 0 aromatic rings. The highest BCUT2D eigenvalue weighted by molar-refractivity contribution is 5.10. The highest BCUT2D eigenvalue weighted by Crippen LogP contribution is 2.08. The van der Waals surface area contributed by atoms with E-state index in [2.05, 4.69) is 0 Å². The Morgan fingerprint density at radius 3 is 1.50 bits per heavy atom. The van der Waals surface area contributed by atoms with Crippen LogP contribution in [0.4, 0.5) is 0 Å². The first-order valence-corrected chi connectivity index (χ1v) is 3.18. The second-order valence-electron chi connectivity index (χ2n) is 2.52. The lowest BCUT2D eigenvalue weighted by Gasteiger charge is -2.29. The molecule has 58 valence electrons. The van der Waals surface area contributed by atoms with Crippen LogP contribution in [0, 0.1) is 0 Å². The zero-order chi connectivity index (χ0) is 7.72. The van der Waals surface area contributed by atoms with Crippen molar-refractivity contribution in [3.05, 3.63) is 12.2 Å². The van der Waals surface area contributed by atoms with Crippen molar-refractivity contribution in [3.63, 3.8) is 0 Å². The van der Waals surface area contributed by atoms with Crippen LogP contribution in [-0.2, 0) is 0 Å². The van der Waals surface area contributed by atoms with E-state index >= 15 is 0 Å². The predicted molar refractivity (Wildman–Crippen MR) is 37.1 cm³/mol. The van der Waals surface area contributed by atoms with E-state index in [0.29, 0.717) is 0 Å². The van der Waals surface area contributed by atoms with E-state index in [-0.39, 0.29) is 0 Å². The number of rotatable bonds is 0.